The van der Waals surface area contributed by atoms with Crippen molar-refractivity contribution in [1.29, 1.82) is 0 Å². The fourth-order valence-corrected chi connectivity index (χ4v) is 3.57. The lowest BCUT2D eigenvalue weighted by Gasteiger charge is -2.23. The third kappa shape index (κ3) is 7.56. The van der Waals surface area contributed by atoms with Crippen molar-refractivity contribution >= 4 is 5.96 Å². The minimum absolute atomic E-state index is 0.310. The molecule has 0 bridgehead atoms. The number of ether oxygens (including phenoxy) is 3. The van der Waals surface area contributed by atoms with Crippen molar-refractivity contribution < 1.29 is 14.2 Å². The molecule has 1 fully saturated rings. The maximum atomic E-state index is 6.05. The first-order valence-electron chi connectivity index (χ1n) is 11.0. The molecule has 0 saturated carbocycles. The topological polar surface area (TPSA) is 55.3 Å². The molecule has 6 heteroatoms. The smallest absolute Gasteiger partial charge is 0.193 e. The van der Waals surface area contributed by atoms with E-state index in [4.69, 9.17) is 14.2 Å². The molecule has 2 aromatic rings. The van der Waals surface area contributed by atoms with Crippen LogP contribution in [0.3, 0.4) is 0 Å². The molecular formula is C25H35N3O3. The number of benzene rings is 2. The molecule has 0 unspecified atom stereocenters. The Hall–Kier alpha value is -2.57. The predicted octanol–water partition coefficient (Wildman–Crippen LogP) is 3.78. The van der Waals surface area contributed by atoms with Gasteiger partial charge in [-0.05, 0) is 42.5 Å². The van der Waals surface area contributed by atoms with Gasteiger partial charge in [-0.3, -0.25) is 4.99 Å². The van der Waals surface area contributed by atoms with E-state index in [0.29, 0.717) is 25.9 Å². The summed E-state index contributed by atoms with van der Waals surface area (Å²) >= 11 is 0. The molecule has 0 aliphatic carbocycles. The zero-order valence-corrected chi connectivity index (χ0v) is 19.0. The van der Waals surface area contributed by atoms with Gasteiger partial charge in [0.1, 0.15) is 12.4 Å². The molecule has 31 heavy (non-hydrogen) atoms. The highest BCUT2D eigenvalue weighted by molar-refractivity contribution is 5.79. The van der Waals surface area contributed by atoms with Crippen molar-refractivity contribution in [2.24, 2.45) is 4.99 Å². The molecule has 0 atom stereocenters. The van der Waals surface area contributed by atoms with Gasteiger partial charge in [0.25, 0.3) is 0 Å². The molecule has 168 valence electrons. The number of nitrogens with one attached hydrogen (secondary N) is 1. The molecule has 1 aliphatic rings. The Labute approximate surface area is 186 Å². The largest absolute Gasteiger partial charge is 0.491 e. The molecule has 1 heterocycles. The molecule has 1 N–H and O–H groups in total. The maximum Gasteiger partial charge on any atom is 0.193 e. The summed E-state index contributed by atoms with van der Waals surface area (Å²) in [6.45, 7) is 6.36. The van der Waals surface area contributed by atoms with Crippen molar-refractivity contribution in [1.82, 2.24) is 10.2 Å². The van der Waals surface area contributed by atoms with E-state index in [9.17, 15) is 0 Å². The van der Waals surface area contributed by atoms with E-state index < -0.39 is 0 Å². The number of rotatable bonds is 9. The lowest BCUT2D eigenvalue weighted by atomic mass is 10.1. The van der Waals surface area contributed by atoms with E-state index in [1.54, 1.807) is 7.05 Å². The molecule has 3 rings (SSSR count). The van der Waals surface area contributed by atoms with Gasteiger partial charge in [0.05, 0.1) is 19.3 Å². The van der Waals surface area contributed by atoms with Crippen LogP contribution >= 0.6 is 0 Å². The molecule has 1 saturated heterocycles. The summed E-state index contributed by atoms with van der Waals surface area (Å²) in [5.74, 6) is 1.77. The third-order valence-corrected chi connectivity index (χ3v) is 5.45. The molecule has 0 radical (unpaired) electrons. The zero-order valence-electron chi connectivity index (χ0n) is 19.0. The van der Waals surface area contributed by atoms with Crippen molar-refractivity contribution in [3.05, 3.63) is 65.2 Å². The van der Waals surface area contributed by atoms with Crippen molar-refractivity contribution in [3.63, 3.8) is 0 Å². The number of guanidine groups is 1. The first-order valence-corrected chi connectivity index (χ1v) is 11.0. The van der Waals surface area contributed by atoms with Crippen LogP contribution in [-0.2, 0) is 22.6 Å². The summed E-state index contributed by atoms with van der Waals surface area (Å²) in [6, 6.07) is 16.6. The summed E-state index contributed by atoms with van der Waals surface area (Å²) in [5.41, 5.74) is 3.55. The van der Waals surface area contributed by atoms with Crippen LogP contribution in [0.5, 0.6) is 5.75 Å². The van der Waals surface area contributed by atoms with E-state index in [0.717, 1.165) is 49.9 Å². The quantitative estimate of drug-likeness (QED) is 0.490. The monoisotopic (exact) mass is 425 g/mol. The number of likely N-dealkylation sites (N-methyl/N-ethyl adjacent to an activating group) is 1. The molecule has 6 nitrogen and oxygen atoms in total. The molecule has 0 aromatic heterocycles. The van der Waals surface area contributed by atoms with Gasteiger partial charge in [-0.2, -0.15) is 0 Å². The summed E-state index contributed by atoms with van der Waals surface area (Å²) < 4.78 is 17.4. The van der Waals surface area contributed by atoms with E-state index in [2.05, 4.69) is 52.5 Å². The minimum Gasteiger partial charge on any atom is -0.491 e. The summed E-state index contributed by atoms with van der Waals surface area (Å²) in [5, 5.41) is 3.44. The van der Waals surface area contributed by atoms with Gasteiger partial charge in [0, 0.05) is 33.9 Å². The number of aryl methyl sites for hydroxylation is 1. The summed E-state index contributed by atoms with van der Waals surface area (Å²) in [7, 11) is 3.83. The Morgan fingerprint density at radius 2 is 1.90 bits per heavy atom. The lowest BCUT2D eigenvalue weighted by Crippen LogP contribution is -2.40. The summed E-state index contributed by atoms with van der Waals surface area (Å²) in [6.07, 6.45) is 2.28. The number of aliphatic imine (C=N–C) groups is 1. The first kappa shape index (κ1) is 23.1. The molecular weight excluding hydrogens is 390 g/mol. The van der Waals surface area contributed by atoms with Crippen LogP contribution in [0, 0.1) is 6.92 Å². The van der Waals surface area contributed by atoms with Crippen LogP contribution in [0.4, 0.5) is 0 Å². The van der Waals surface area contributed by atoms with Crippen LogP contribution in [0.15, 0.2) is 53.5 Å². The van der Waals surface area contributed by atoms with Gasteiger partial charge in [-0.25, -0.2) is 0 Å². The van der Waals surface area contributed by atoms with Crippen LogP contribution in [0.1, 0.15) is 29.5 Å². The Morgan fingerprint density at radius 3 is 2.68 bits per heavy atom. The van der Waals surface area contributed by atoms with Crippen LogP contribution in [-0.4, -0.2) is 57.4 Å². The number of para-hydroxylation sites is 1. The number of hydrogen-bond donors (Lipinski definition) is 1. The Morgan fingerprint density at radius 1 is 1.13 bits per heavy atom. The van der Waals surface area contributed by atoms with Gasteiger partial charge < -0.3 is 24.4 Å². The standard InChI is InChI=1S/C25H35N3O3/c1-20-7-4-5-10-24(20)30-16-13-28(3)25(26-2)27-18-21-8-6-9-22(17-21)19-31-23-11-14-29-15-12-23/h4-10,17,23H,11-16,18-19H2,1-3H3,(H,26,27). The minimum atomic E-state index is 0.310. The number of nitrogens with zero attached hydrogens (tertiary/aromatic N) is 2. The highest BCUT2D eigenvalue weighted by Crippen LogP contribution is 2.16. The summed E-state index contributed by atoms with van der Waals surface area (Å²) in [4.78, 5) is 6.49. The van der Waals surface area contributed by atoms with Crippen LogP contribution < -0.4 is 10.1 Å². The second kappa shape index (κ2) is 12.3. The highest BCUT2D eigenvalue weighted by atomic mass is 16.5. The van der Waals surface area contributed by atoms with Gasteiger partial charge in [-0.15, -0.1) is 0 Å². The number of hydrogen-bond acceptors (Lipinski definition) is 4. The van der Waals surface area contributed by atoms with Crippen molar-refractivity contribution in [3.8, 4) is 5.75 Å². The van der Waals surface area contributed by atoms with Gasteiger partial charge >= 0.3 is 0 Å². The fourth-order valence-electron chi connectivity index (χ4n) is 3.57. The van der Waals surface area contributed by atoms with Crippen LogP contribution in [0.2, 0.25) is 0 Å². The Balaban J connectivity index is 1.43. The van der Waals surface area contributed by atoms with E-state index in [1.165, 1.54) is 11.1 Å². The maximum absolute atomic E-state index is 6.05. The predicted molar refractivity (Wildman–Crippen MR) is 125 cm³/mol. The SMILES string of the molecule is CN=C(NCc1cccc(COC2CCOCC2)c1)N(C)CCOc1ccccc1C. The third-order valence-electron chi connectivity index (χ3n) is 5.45. The molecule has 0 amide bonds. The second-order valence-electron chi connectivity index (χ2n) is 7.88. The van der Waals surface area contributed by atoms with Crippen molar-refractivity contribution in [2.75, 3.05) is 40.5 Å². The molecule has 1 aliphatic heterocycles. The average Bonchev–Trinajstić information content (AvgIpc) is 2.80. The first-order chi connectivity index (χ1) is 15.2. The van der Waals surface area contributed by atoms with Crippen molar-refractivity contribution in [2.45, 2.75) is 39.0 Å². The average molecular weight is 426 g/mol. The lowest BCUT2D eigenvalue weighted by molar-refractivity contribution is -0.0390. The van der Waals surface area contributed by atoms with Gasteiger partial charge in [-0.1, -0.05) is 42.5 Å². The second-order valence-corrected chi connectivity index (χ2v) is 7.88. The normalized spacial score (nSPS) is 15.0. The molecule has 2 aromatic carbocycles. The zero-order chi connectivity index (χ0) is 21.9. The molecule has 0 spiro atoms. The van der Waals surface area contributed by atoms with Gasteiger partial charge in [0.2, 0.25) is 0 Å². The van der Waals surface area contributed by atoms with E-state index in [1.807, 2.05) is 25.2 Å². The Bertz CT molecular complexity index is 834. The fraction of sp³-hybridized carbons (Fsp3) is 0.480. The van der Waals surface area contributed by atoms with Crippen LogP contribution in [0.25, 0.3) is 0 Å². The van der Waals surface area contributed by atoms with Gasteiger partial charge in [0.15, 0.2) is 5.96 Å². The van der Waals surface area contributed by atoms with E-state index in [-0.39, 0.29) is 0 Å². The van der Waals surface area contributed by atoms with E-state index >= 15 is 0 Å². The highest BCUT2D eigenvalue weighted by Gasteiger charge is 2.14. The Kier molecular flexibility index (Phi) is 9.18.